The molecule has 0 unspecified atom stereocenters. The van der Waals surface area contributed by atoms with E-state index in [9.17, 15) is 13.2 Å². The maximum Gasteiger partial charge on any atom is 0.235 e. The van der Waals surface area contributed by atoms with Gasteiger partial charge in [0.15, 0.2) is 0 Å². The average Bonchev–Trinajstić information content (AvgIpc) is 2.03. The van der Waals surface area contributed by atoms with Gasteiger partial charge in [0.25, 0.3) is 0 Å². The lowest BCUT2D eigenvalue weighted by molar-refractivity contribution is -0.121. The van der Waals surface area contributed by atoms with Crippen molar-refractivity contribution in [2.75, 3.05) is 40.1 Å². The maximum absolute atomic E-state index is 11.1. The lowest BCUT2D eigenvalue weighted by Crippen LogP contribution is -2.38. The molecule has 1 N–H and O–H groups in total. The molecule has 0 aliphatic heterocycles. The Labute approximate surface area is 84.3 Å². The third kappa shape index (κ3) is 5.90. The van der Waals surface area contributed by atoms with Gasteiger partial charge in [-0.05, 0) is 0 Å². The van der Waals surface area contributed by atoms with Crippen LogP contribution in [0.15, 0.2) is 0 Å². The first kappa shape index (κ1) is 13.3. The average molecular weight is 224 g/mol. The summed E-state index contributed by atoms with van der Waals surface area (Å²) in [6, 6.07) is 0. The van der Waals surface area contributed by atoms with E-state index in [4.69, 9.17) is 4.74 Å². The highest BCUT2D eigenvalue weighted by molar-refractivity contribution is 7.88. The molecule has 7 heteroatoms. The number of hydrogen-bond acceptors (Lipinski definition) is 4. The van der Waals surface area contributed by atoms with Gasteiger partial charge in [-0.1, -0.05) is 0 Å². The Morgan fingerprint density at radius 2 is 2.07 bits per heavy atom. The van der Waals surface area contributed by atoms with Crippen LogP contribution in [0, 0.1) is 0 Å². The first-order valence-corrected chi connectivity index (χ1v) is 5.89. The van der Waals surface area contributed by atoms with Gasteiger partial charge in [-0.25, -0.2) is 8.42 Å². The van der Waals surface area contributed by atoms with Gasteiger partial charge in [0.2, 0.25) is 15.9 Å². The molecule has 0 aromatic rings. The number of carbonyl (C=O) groups is 1. The molecule has 84 valence electrons. The van der Waals surface area contributed by atoms with Gasteiger partial charge in [0.1, 0.15) is 0 Å². The van der Waals surface area contributed by atoms with Crippen LogP contribution in [-0.4, -0.2) is 58.7 Å². The highest BCUT2D eigenvalue weighted by Crippen LogP contribution is 1.90. The molecule has 0 aromatic heterocycles. The van der Waals surface area contributed by atoms with Crippen LogP contribution in [0.1, 0.15) is 0 Å². The van der Waals surface area contributed by atoms with E-state index in [0.717, 1.165) is 10.6 Å². The van der Waals surface area contributed by atoms with Crippen LogP contribution in [0.3, 0.4) is 0 Å². The van der Waals surface area contributed by atoms with Crippen molar-refractivity contribution in [3.05, 3.63) is 0 Å². The predicted molar refractivity (Wildman–Crippen MR) is 52.4 cm³/mol. The van der Waals surface area contributed by atoms with Gasteiger partial charge < -0.3 is 10.1 Å². The molecule has 0 aliphatic carbocycles. The normalized spacial score (nSPS) is 11.7. The van der Waals surface area contributed by atoms with Gasteiger partial charge >= 0.3 is 0 Å². The first-order chi connectivity index (χ1) is 6.38. The molecule has 0 heterocycles. The van der Waals surface area contributed by atoms with Crippen LogP contribution < -0.4 is 5.32 Å². The van der Waals surface area contributed by atoms with E-state index < -0.39 is 10.0 Å². The SMILES string of the molecule is COCCNC(=O)CN(C)S(C)(=O)=O. The standard InChI is InChI=1S/C7H16N2O4S/c1-9(14(3,11)12)6-7(10)8-4-5-13-2/h4-6H2,1-3H3,(H,8,10). The molecule has 0 rings (SSSR count). The number of likely N-dealkylation sites (N-methyl/N-ethyl adjacent to an activating group) is 1. The Balaban J connectivity index is 3.84. The molecule has 0 saturated carbocycles. The number of rotatable bonds is 6. The number of hydrogen-bond donors (Lipinski definition) is 1. The van der Waals surface area contributed by atoms with E-state index in [0.29, 0.717) is 13.2 Å². The zero-order valence-electron chi connectivity index (χ0n) is 8.61. The molecule has 0 fully saturated rings. The van der Waals surface area contributed by atoms with Gasteiger partial charge in [-0.3, -0.25) is 4.79 Å². The summed E-state index contributed by atoms with van der Waals surface area (Å²) in [6.45, 7) is 0.629. The van der Waals surface area contributed by atoms with Crippen LogP contribution in [0.4, 0.5) is 0 Å². The summed E-state index contributed by atoms with van der Waals surface area (Å²) in [5.41, 5.74) is 0. The Morgan fingerprint density at radius 1 is 1.50 bits per heavy atom. The highest BCUT2D eigenvalue weighted by Gasteiger charge is 2.14. The predicted octanol–water partition coefficient (Wildman–Crippen LogP) is -1.36. The van der Waals surface area contributed by atoms with Gasteiger partial charge in [-0.15, -0.1) is 0 Å². The van der Waals surface area contributed by atoms with Crippen molar-refractivity contribution >= 4 is 15.9 Å². The molecular weight excluding hydrogens is 208 g/mol. The van der Waals surface area contributed by atoms with Crippen molar-refractivity contribution in [3.8, 4) is 0 Å². The second kappa shape index (κ2) is 5.94. The number of methoxy groups -OCH3 is 1. The largest absolute Gasteiger partial charge is 0.383 e. The maximum atomic E-state index is 11.1. The lowest BCUT2D eigenvalue weighted by atomic mass is 10.5. The fraction of sp³-hybridized carbons (Fsp3) is 0.857. The monoisotopic (exact) mass is 224 g/mol. The number of nitrogens with one attached hydrogen (secondary N) is 1. The Bertz CT molecular complexity index is 275. The minimum absolute atomic E-state index is 0.164. The quantitative estimate of drug-likeness (QED) is 0.565. The molecule has 0 bridgehead atoms. The fourth-order valence-corrected chi connectivity index (χ4v) is 1.02. The van der Waals surface area contributed by atoms with E-state index in [-0.39, 0.29) is 12.5 Å². The summed E-state index contributed by atoms with van der Waals surface area (Å²) in [6.07, 6.45) is 1.05. The van der Waals surface area contributed by atoms with Crippen molar-refractivity contribution in [2.45, 2.75) is 0 Å². The van der Waals surface area contributed by atoms with E-state index in [1.807, 2.05) is 0 Å². The molecule has 0 aromatic carbocycles. The smallest absolute Gasteiger partial charge is 0.235 e. The number of carbonyl (C=O) groups excluding carboxylic acids is 1. The zero-order chi connectivity index (χ0) is 11.2. The fourth-order valence-electron chi connectivity index (χ4n) is 0.668. The summed E-state index contributed by atoms with van der Waals surface area (Å²) >= 11 is 0. The third-order valence-corrected chi connectivity index (χ3v) is 2.82. The number of amides is 1. The van der Waals surface area contributed by atoms with E-state index in [1.54, 1.807) is 0 Å². The third-order valence-electron chi connectivity index (χ3n) is 1.56. The van der Waals surface area contributed by atoms with E-state index in [1.165, 1.54) is 14.2 Å². The van der Waals surface area contributed by atoms with E-state index >= 15 is 0 Å². The second-order valence-corrected chi connectivity index (χ2v) is 4.95. The van der Waals surface area contributed by atoms with Gasteiger partial charge in [-0.2, -0.15) is 4.31 Å². The minimum Gasteiger partial charge on any atom is -0.383 e. The topological polar surface area (TPSA) is 75.7 Å². The minimum atomic E-state index is -3.29. The van der Waals surface area contributed by atoms with Crippen molar-refractivity contribution in [1.29, 1.82) is 0 Å². The molecule has 0 atom stereocenters. The Kier molecular flexibility index (Phi) is 5.66. The van der Waals surface area contributed by atoms with Crippen molar-refractivity contribution in [2.24, 2.45) is 0 Å². The van der Waals surface area contributed by atoms with Crippen molar-refractivity contribution in [1.82, 2.24) is 9.62 Å². The number of ether oxygens (including phenoxy) is 1. The van der Waals surface area contributed by atoms with Crippen LogP contribution in [0.25, 0.3) is 0 Å². The summed E-state index contributed by atoms with van der Waals surface area (Å²) in [5.74, 6) is -0.338. The highest BCUT2D eigenvalue weighted by atomic mass is 32.2. The first-order valence-electron chi connectivity index (χ1n) is 4.05. The summed E-state index contributed by atoms with van der Waals surface area (Å²) in [4.78, 5) is 11.1. The lowest BCUT2D eigenvalue weighted by Gasteiger charge is -2.13. The van der Waals surface area contributed by atoms with Crippen LogP contribution >= 0.6 is 0 Å². The summed E-state index contributed by atoms with van der Waals surface area (Å²) < 4.78 is 27.5. The van der Waals surface area contributed by atoms with Gasteiger partial charge in [0.05, 0.1) is 19.4 Å². The van der Waals surface area contributed by atoms with Gasteiger partial charge in [0, 0.05) is 20.7 Å². The summed E-state index contributed by atoms with van der Waals surface area (Å²) in [5, 5.41) is 2.52. The van der Waals surface area contributed by atoms with Crippen LogP contribution in [0.2, 0.25) is 0 Å². The van der Waals surface area contributed by atoms with Crippen molar-refractivity contribution < 1.29 is 17.9 Å². The molecule has 6 nitrogen and oxygen atoms in total. The van der Waals surface area contributed by atoms with Crippen molar-refractivity contribution in [3.63, 3.8) is 0 Å². The molecule has 14 heavy (non-hydrogen) atoms. The van der Waals surface area contributed by atoms with E-state index in [2.05, 4.69) is 5.32 Å². The molecular formula is C7H16N2O4S. The van der Waals surface area contributed by atoms with Crippen LogP contribution in [-0.2, 0) is 19.6 Å². The molecule has 1 amide bonds. The molecule has 0 aliphatic rings. The second-order valence-electron chi connectivity index (χ2n) is 2.86. The Hall–Kier alpha value is -0.660. The molecule has 0 radical (unpaired) electrons. The molecule has 0 saturated heterocycles. The zero-order valence-corrected chi connectivity index (χ0v) is 9.43. The number of nitrogens with zero attached hydrogens (tertiary/aromatic N) is 1. The number of sulfonamides is 1. The van der Waals surface area contributed by atoms with Crippen LogP contribution in [0.5, 0.6) is 0 Å². The molecule has 0 spiro atoms. The summed E-state index contributed by atoms with van der Waals surface area (Å²) in [7, 11) is -0.412. The Morgan fingerprint density at radius 3 is 2.50 bits per heavy atom.